The average molecular weight is 337 g/mol. The summed E-state index contributed by atoms with van der Waals surface area (Å²) in [6, 6.07) is 2.99. The van der Waals surface area contributed by atoms with Gasteiger partial charge in [-0.3, -0.25) is 0 Å². The molecule has 0 spiro atoms. The lowest BCUT2D eigenvalue weighted by Crippen LogP contribution is -2.21. The fourth-order valence-corrected chi connectivity index (χ4v) is 1.50. The Labute approximate surface area is 110 Å². The highest BCUT2D eigenvalue weighted by molar-refractivity contribution is 9.10. The van der Waals surface area contributed by atoms with Crippen LogP contribution in [0.1, 0.15) is 11.6 Å². The summed E-state index contributed by atoms with van der Waals surface area (Å²) < 4.78 is 40.5. The van der Waals surface area contributed by atoms with E-state index in [0.29, 0.717) is 4.47 Å². The lowest BCUT2D eigenvalue weighted by Gasteiger charge is -2.16. The Hall–Kier alpha value is -0.500. The molecule has 1 aromatic rings. The quantitative estimate of drug-likeness (QED) is 0.892. The minimum absolute atomic E-state index is 0. The van der Waals surface area contributed by atoms with Gasteiger partial charge in [0.25, 0.3) is 0 Å². The summed E-state index contributed by atoms with van der Waals surface area (Å²) >= 11 is 3.10. The van der Waals surface area contributed by atoms with Crippen LogP contribution in [0.2, 0.25) is 0 Å². The van der Waals surface area contributed by atoms with E-state index >= 15 is 0 Å². The zero-order valence-electron chi connectivity index (χ0n) is 8.37. The van der Waals surface area contributed by atoms with Gasteiger partial charge in [0.05, 0.1) is 12.6 Å². The number of halogens is 5. The molecule has 0 bridgehead atoms. The predicted molar refractivity (Wildman–Crippen MR) is 62.1 cm³/mol. The molecule has 0 heterocycles. The van der Waals surface area contributed by atoms with E-state index in [1.807, 2.05) is 0 Å². The Morgan fingerprint density at radius 3 is 2.47 bits per heavy atom. The van der Waals surface area contributed by atoms with E-state index in [1.165, 1.54) is 12.1 Å². The smallest absolute Gasteiger partial charge is 0.405 e. The van der Waals surface area contributed by atoms with Crippen molar-refractivity contribution in [1.82, 2.24) is 0 Å². The molecular formula is C9H10BrClF3NO2. The standard InChI is InChI=1S/C9H9BrF3NO2.ClH/c10-5-1-2-8(16-9(11,12)13)6(3-5)7(14)4-15;/h1-3,7,15H,4,14H2;1H/t7-;/m0./s1. The first-order chi connectivity index (χ1) is 7.33. The van der Waals surface area contributed by atoms with E-state index in [0.717, 1.165) is 6.07 Å². The molecule has 0 aromatic heterocycles. The zero-order chi connectivity index (χ0) is 12.3. The molecule has 0 unspecified atom stereocenters. The number of hydrogen-bond donors (Lipinski definition) is 2. The van der Waals surface area contributed by atoms with Crippen LogP contribution >= 0.6 is 28.3 Å². The number of rotatable bonds is 3. The number of alkyl halides is 3. The molecule has 1 rings (SSSR count). The fraction of sp³-hybridized carbons (Fsp3) is 0.333. The summed E-state index contributed by atoms with van der Waals surface area (Å²) in [5, 5.41) is 8.82. The predicted octanol–water partition coefficient (Wildman–Crippen LogP) is 2.76. The van der Waals surface area contributed by atoms with Crippen LogP contribution in [-0.4, -0.2) is 18.1 Å². The molecule has 0 saturated carbocycles. The summed E-state index contributed by atoms with van der Waals surface area (Å²) in [7, 11) is 0. The minimum Gasteiger partial charge on any atom is -0.405 e. The topological polar surface area (TPSA) is 55.5 Å². The maximum Gasteiger partial charge on any atom is 0.573 e. The van der Waals surface area contributed by atoms with Crippen molar-refractivity contribution in [1.29, 1.82) is 0 Å². The van der Waals surface area contributed by atoms with E-state index in [2.05, 4.69) is 20.7 Å². The van der Waals surface area contributed by atoms with E-state index < -0.39 is 24.8 Å². The number of aliphatic hydroxyl groups is 1. The van der Waals surface area contributed by atoms with Gasteiger partial charge in [0.15, 0.2) is 0 Å². The van der Waals surface area contributed by atoms with Crippen LogP contribution in [-0.2, 0) is 0 Å². The molecule has 0 fully saturated rings. The van der Waals surface area contributed by atoms with Crippen molar-refractivity contribution in [2.45, 2.75) is 12.4 Å². The Balaban J connectivity index is 0.00000256. The third-order valence-electron chi connectivity index (χ3n) is 1.79. The average Bonchev–Trinajstić information content (AvgIpc) is 2.17. The molecule has 1 aromatic carbocycles. The first kappa shape index (κ1) is 16.5. The van der Waals surface area contributed by atoms with Gasteiger partial charge in [-0.1, -0.05) is 15.9 Å². The molecule has 0 aliphatic heterocycles. The molecule has 17 heavy (non-hydrogen) atoms. The molecule has 1 atom stereocenters. The molecule has 8 heteroatoms. The minimum atomic E-state index is -4.78. The van der Waals surface area contributed by atoms with Gasteiger partial charge in [-0.15, -0.1) is 25.6 Å². The summed E-state index contributed by atoms with van der Waals surface area (Å²) in [5.74, 6) is -0.405. The van der Waals surface area contributed by atoms with Crippen molar-refractivity contribution in [3.05, 3.63) is 28.2 Å². The maximum absolute atomic E-state index is 12.1. The molecular weight excluding hydrogens is 326 g/mol. The van der Waals surface area contributed by atoms with Gasteiger partial charge in [0, 0.05) is 10.0 Å². The monoisotopic (exact) mass is 335 g/mol. The van der Waals surface area contributed by atoms with Crippen molar-refractivity contribution in [3.8, 4) is 5.75 Å². The van der Waals surface area contributed by atoms with Crippen molar-refractivity contribution < 1.29 is 23.0 Å². The highest BCUT2D eigenvalue weighted by Crippen LogP contribution is 2.31. The first-order valence-corrected chi connectivity index (χ1v) is 5.04. The van der Waals surface area contributed by atoms with Crippen LogP contribution < -0.4 is 10.5 Å². The van der Waals surface area contributed by atoms with Gasteiger partial charge in [0.2, 0.25) is 0 Å². The highest BCUT2D eigenvalue weighted by Gasteiger charge is 2.32. The second-order valence-electron chi connectivity index (χ2n) is 3.02. The molecule has 0 aliphatic rings. The van der Waals surface area contributed by atoms with Crippen molar-refractivity contribution in [3.63, 3.8) is 0 Å². The van der Waals surface area contributed by atoms with Crippen LogP contribution in [0.25, 0.3) is 0 Å². The summed E-state index contributed by atoms with van der Waals surface area (Å²) in [4.78, 5) is 0. The van der Waals surface area contributed by atoms with Gasteiger partial charge >= 0.3 is 6.36 Å². The number of hydrogen-bond acceptors (Lipinski definition) is 3. The van der Waals surface area contributed by atoms with Crippen LogP contribution in [0.4, 0.5) is 13.2 Å². The molecule has 0 amide bonds. The van der Waals surface area contributed by atoms with Gasteiger partial charge < -0.3 is 15.6 Å². The molecule has 0 saturated heterocycles. The third-order valence-corrected chi connectivity index (χ3v) is 2.29. The molecule has 0 aliphatic carbocycles. The third kappa shape index (κ3) is 5.12. The van der Waals surface area contributed by atoms with E-state index in [4.69, 9.17) is 10.8 Å². The number of ether oxygens (including phenoxy) is 1. The Bertz CT molecular complexity index is 376. The summed E-state index contributed by atoms with van der Waals surface area (Å²) in [6.45, 7) is -0.468. The molecule has 0 radical (unpaired) electrons. The number of benzene rings is 1. The highest BCUT2D eigenvalue weighted by atomic mass is 79.9. The SMILES string of the molecule is Cl.N[C@@H](CO)c1cc(Br)ccc1OC(F)(F)F. The summed E-state index contributed by atoms with van der Waals surface area (Å²) in [5.41, 5.74) is 5.56. The first-order valence-electron chi connectivity index (χ1n) is 4.25. The number of nitrogens with two attached hydrogens (primary N) is 1. The van der Waals surface area contributed by atoms with Crippen molar-refractivity contribution in [2.75, 3.05) is 6.61 Å². The molecule has 3 N–H and O–H groups in total. The Kier molecular flexibility index (Phi) is 6.25. The van der Waals surface area contributed by atoms with Crippen molar-refractivity contribution in [2.24, 2.45) is 5.73 Å². The van der Waals surface area contributed by atoms with E-state index in [1.54, 1.807) is 0 Å². The van der Waals surface area contributed by atoms with Crippen molar-refractivity contribution >= 4 is 28.3 Å². The Morgan fingerprint density at radius 2 is 2.00 bits per heavy atom. The Morgan fingerprint density at radius 1 is 1.41 bits per heavy atom. The van der Waals surface area contributed by atoms with Crippen LogP contribution in [0.5, 0.6) is 5.75 Å². The van der Waals surface area contributed by atoms with Gasteiger partial charge in [-0.05, 0) is 18.2 Å². The summed E-state index contributed by atoms with van der Waals surface area (Å²) in [6.07, 6.45) is -4.78. The zero-order valence-corrected chi connectivity index (χ0v) is 10.8. The van der Waals surface area contributed by atoms with Crippen LogP contribution in [0, 0.1) is 0 Å². The van der Waals surface area contributed by atoms with Gasteiger partial charge in [0.1, 0.15) is 5.75 Å². The lowest BCUT2D eigenvalue weighted by molar-refractivity contribution is -0.275. The largest absolute Gasteiger partial charge is 0.573 e. The van der Waals surface area contributed by atoms with Gasteiger partial charge in [-0.2, -0.15) is 0 Å². The normalized spacial score (nSPS) is 12.8. The fourth-order valence-electron chi connectivity index (χ4n) is 1.13. The van der Waals surface area contributed by atoms with E-state index in [9.17, 15) is 13.2 Å². The molecule has 98 valence electrons. The second-order valence-corrected chi connectivity index (χ2v) is 3.93. The van der Waals surface area contributed by atoms with E-state index in [-0.39, 0.29) is 18.0 Å². The maximum atomic E-state index is 12.1. The van der Waals surface area contributed by atoms with Gasteiger partial charge in [-0.25, -0.2) is 0 Å². The van der Waals surface area contributed by atoms with Crippen LogP contribution in [0.15, 0.2) is 22.7 Å². The lowest BCUT2D eigenvalue weighted by atomic mass is 10.1. The molecule has 3 nitrogen and oxygen atoms in total. The number of aliphatic hydroxyl groups excluding tert-OH is 1. The second kappa shape index (κ2) is 6.44. The van der Waals surface area contributed by atoms with Crippen LogP contribution in [0.3, 0.4) is 0 Å².